The molecule has 0 atom stereocenters. The van der Waals surface area contributed by atoms with Gasteiger partial charge in [0, 0.05) is 5.69 Å². The van der Waals surface area contributed by atoms with E-state index >= 15 is 0 Å². The molecule has 24 heavy (non-hydrogen) atoms. The highest BCUT2D eigenvalue weighted by atomic mass is 32.2. The minimum Gasteiger partial charge on any atom is -0.451 e. The molecule has 0 aliphatic heterocycles. The van der Waals surface area contributed by atoms with E-state index in [1.807, 2.05) is 0 Å². The number of anilines is 1. The molecular formula is C14H15N3O5S2. The van der Waals surface area contributed by atoms with Gasteiger partial charge in [0.2, 0.25) is 10.0 Å². The summed E-state index contributed by atoms with van der Waals surface area (Å²) in [5, 5.41) is 8.20. The van der Waals surface area contributed by atoms with E-state index in [4.69, 9.17) is 9.88 Å². The van der Waals surface area contributed by atoms with Crippen LogP contribution in [0.5, 0.6) is 0 Å². The zero-order valence-electron chi connectivity index (χ0n) is 12.9. The molecule has 2 rings (SSSR count). The number of amides is 1. The van der Waals surface area contributed by atoms with Crippen molar-refractivity contribution in [2.24, 2.45) is 5.14 Å². The molecule has 1 aromatic carbocycles. The number of rotatable bonds is 5. The first kappa shape index (κ1) is 18.0. The van der Waals surface area contributed by atoms with Crippen molar-refractivity contribution in [2.75, 3.05) is 11.9 Å². The first-order chi connectivity index (χ1) is 11.2. The fourth-order valence-corrected chi connectivity index (χ4v) is 3.17. The summed E-state index contributed by atoms with van der Waals surface area (Å²) in [5.74, 6) is -1.16. The minimum absolute atomic E-state index is 0.0667. The van der Waals surface area contributed by atoms with Crippen LogP contribution < -0.4 is 10.5 Å². The van der Waals surface area contributed by atoms with Gasteiger partial charge in [-0.2, -0.15) is 0 Å². The van der Waals surface area contributed by atoms with E-state index in [1.165, 1.54) is 35.6 Å². The van der Waals surface area contributed by atoms with Gasteiger partial charge in [0.1, 0.15) is 4.88 Å². The molecule has 1 heterocycles. The Hall–Kier alpha value is -2.30. The van der Waals surface area contributed by atoms with Crippen LogP contribution >= 0.6 is 11.3 Å². The fraction of sp³-hybridized carbons (Fsp3) is 0.214. The lowest BCUT2D eigenvalue weighted by Crippen LogP contribution is -2.21. The molecule has 0 unspecified atom stereocenters. The molecule has 2 aromatic rings. The van der Waals surface area contributed by atoms with Crippen molar-refractivity contribution in [3.8, 4) is 0 Å². The molecule has 1 aromatic heterocycles. The van der Waals surface area contributed by atoms with E-state index in [1.54, 1.807) is 13.8 Å². The molecule has 128 valence electrons. The molecular weight excluding hydrogens is 354 g/mol. The van der Waals surface area contributed by atoms with Gasteiger partial charge in [-0.3, -0.25) is 4.79 Å². The van der Waals surface area contributed by atoms with E-state index in [2.05, 4.69) is 10.3 Å². The largest absolute Gasteiger partial charge is 0.451 e. The zero-order valence-corrected chi connectivity index (χ0v) is 14.5. The Morgan fingerprint density at radius 3 is 2.38 bits per heavy atom. The highest BCUT2D eigenvalue weighted by Crippen LogP contribution is 2.18. The first-order valence-corrected chi connectivity index (χ1v) is 9.07. The number of primary sulfonamides is 1. The van der Waals surface area contributed by atoms with E-state index in [-0.39, 0.29) is 4.90 Å². The Morgan fingerprint density at radius 1 is 1.25 bits per heavy atom. The van der Waals surface area contributed by atoms with Crippen LogP contribution in [0.1, 0.15) is 20.4 Å². The van der Waals surface area contributed by atoms with Gasteiger partial charge < -0.3 is 10.1 Å². The van der Waals surface area contributed by atoms with Gasteiger partial charge in [0.05, 0.1) is 15.6 Å². The smallest absolute Gasteiger partial charge is 0.350 e. The SMILES string of the molecule is Cc1nc(C)c(C(=O)OCC(=O)Nc2ccc(S(N)(=O)=O)cc2)s1. The third kappa shape index (κ3) is 4.60. The molecule has 0 aliphatic rings. The van der Waals surface area contributed by atoms with Crippen LogP contribution in [0, 0.1) is 13.8 Å². The predicted molar refractivity (Wildman–Crippen MR) is 88.3 cm³/mol. The summed E-state index contributed by atoms with van der Waals surface area (Å²) < 4.78 is 27.2. The Kier molecular flexibility index (Phi) is 5.32. The number of carbonyl (C=O) groups excluding carboxylic acids is 2. The summed E-state index contributed by atoms with van der Waals surface area (Å²) in [5.41, 5.74) is 0.912. The van der Waals surface area contributed by atoms with Crippen molar-refractivity contribution in [2.45, 2.75) is 18.7 Å². The van der Waals surface area contributed by atoms with Crippen LogP contribution in [-0.4, -0.2) is 31.9 Å². The lowest BCUT2D eigenvalue weighted by Gasteiger charge is -2.07. The van der Waals surface area contributed by atoms with Crippen LogP contribution in [0.4, 0.5) is 5.69 Å². The number of ether oxygens (including phenoxy) is 1. The summed E-state index contributed by atoms with van der Waals surface area (Å²) in [6, 6.07) is 5.30. The third-order valence-corrected chi connectivity index (χ3v) is 4.87. The van der Waals surface area contributed by atoms with Crippen LogP contribution in [0.2, 0.25) is 0 Å². The number of nitrogens with two attached hydrogens (primary N) is 1. The summed E-state index contributed by atoms with van der Waals surface area (Å²) in [6.45, 7) is 2.99. The molecule has 0 saturated carbocycles. The fourth-order valence-electron chi connectivity index (χ4n) is 1.84. The van der Waals surface area contributed by atoms with Crippen LogP contribution in [-0.2, 0) is 19.6 Å². The second-order valence-electron chi connectivity index (χ2n) is 4.84. The molecule has 0 aliphatic carbocycles. The number of nitrogens with one attached hydrogen (secondary N) is 1. The maximum Gasteiger partial charge on any atom is 0.350 e. The number of nitrogens with zero attached hydrogens (tertiary/aromatic N) is 1. The summed E-state index contributed by atoms with van der Waals surface area (Å²) >= 11 is 1.20. The van der Waals surface area contributed by atoms with Gasteiger partial charge in [0.15, 0.2) is 6.61 Å². The van der Waals surface area contributed by atoms with Crippen molar-refractivity contribution in [1.82, 2.24) is 4.98 Å². The van der Waals surface area contributed by atoms with Crippen LogP contribution in [0.3, 0.4) is 0 Å². The van der Waals surface area contributed by atoms with Gasteiger partial charge in [-0.1, -0.05) is 0 Å². The summed E-state index contributed by atoms with van der Waals surface area (Å²) in [6.07, 6.45) is 0. The molecule has 0 spiro atoms. The number of hydrogen-bond donors (Lipinski definition) is 2. The molecule has 10 heteroatoms. The Labute approximate surface area is 142 Å². The van der Waals surface area contributed by atoms with Crippen LogP contribution in [0.25, 0.3) is 0 Å². The molecule has 1 amide bonds. The van der Waals surface area contributed by atoms with E-state index in [0.29, 0.717) is 16.3 Å². The summed E-state index contributed by atoms with van der Waals surface area (Å²) in [4.78, 5) is 28.1. The number of thiazole rings is 1. The first-order valence-electron chi connectivity index (χ1n) is 6.70. The van der Waals surface area contributed by atoms with Gasteiger partial charge in [-0.15, -0.1) is 11.3 Å². The average molecular weight is 369 g/mol. The standard InChI is InChI=1S/C14H15N3O5S2/c1-8-13(23-9(2)16-8)14(19)22-7-12(18)17-10-3-5-11(6-4-10)24(15,20)21/h3-6H,7H2,1-2H3,(H,17,18)(H2,15,20,21). The number of aryl methyl sites for hydroxylation is 2. The van der Waals surface area contributed by atoms with Crippen molar-refractivity contribution in [1.29, 1.82) is 0 Å². The van der Waals surface area contributed by atoms with Gasteiger partial charge >= 0.3 is 5.97 Å². The molecule has 0 bridgehead atoms. The minimum atomic E-state index is -3.79. The van der Waals surface area contributed by atoms with Crippen molar-refractivity contribution in [3.05, 3.63) is 39.8 Å². The number of sulfonamides is 1. The number of carbonyl (C=O) groups is 2. The van der Waals surface area contributed by atoms with Gasteiger partial charge in [-0.05, 0) is 38.1 Å². The lowest BCUT2D eigenvalue weighted by molar-refractivity contribution is -0.119. The Morgan fingerprint density at radius 2 is 1.88 bits per heavy atom. The van der Waals surface area contributed by atoms with E-state index in [9.17, 15) is 18.0 Å². The zero-order chi connectivity index (χ0) is 17.9. The van der Waals surface area contributed by atoms with Crippen molar-refractivity contribution in [3.63, 3.8) is 0 Å². The number of benzene rings is 1. The normalized spacial score (nSPS) is 11.1. The number of aromatic nitrogens is 1. The molecule has 0 saturated heterocycles. The molecule has 0 fully saturated rings. The van der Waals surface area contributed by atoms with Crippen molar-refractivity contribution < 1.29 is 22.7 Å². The monoisotopic (exact) mass is 369 g/mol. The van der Waals surface area contributed by atoms with Gasteiger partial charge in [-0.25, -0.2) is 23.3 Å². The third-order valence-electron chi connectivity index (χ3n) is 2.89. The molecule has 8 nitrogen and oxygen atoms in total. The maximum atomic E-state index is 11.9. The highest BCUT2D eigenvalue weighted by molar-refractivity contribution is 7.89. The quantitative estimate of drug-likeness (QED) is 0.762. The van der Waals surface area contributed by atoms with Crippen LogP contribution in [0.15, 0.2) is 29.2 Å². The molecule has 0 radical (unpaired) electrons. The maximum absolute atomic E-state index is 11.9. The Bertz CT molecular complexity index is 872. The van der Waals surface area contributed by atoms with E-state index in [0.717, 1.165) is 5.01 Å². The number of hydrogen-bond acceptors (Lipinski definition) is 7. The Balaban J connectivity index is 1.91. The second-order valence-corrected chi connectivity index (χ2v) is 7.61. The average Bonchev–Trinajstić information content (AvgIpc) is 2.83. The van der Waals surface area contributed by atoms with Crippen molar-refractivity contribution >= 4 is 38.9 Å². The lowest BCUT2D eigenvalue weighted by atomic mass is 10.3. The molecule has 3 N–H and O–H groups in total. The van der Waals surface area contributed by atoms with E-state index < -0.39 is 28.5 Å². The van der Waals surface area contributed by atoms with Gasteiger partial charge in [0.25, 0.3) is 5.91 Å². The number of esters is 1. The highest BCUT2D eigenvalue weighted by Gasteiger charge is 2.16. The predicted octanol–water partition coefficient (Wildman–Crippen LogP) is 1.20. The summed E-state index contributed by atoms with van der Waals surface area (Å²) in [7, 11) is -3.79. The second kappa shape index (κ2) is 7.07. The topological polar surface area (TPSA) is 128 Å².